The maximum absolute atomic E-state index is 11.0. The molecule has 0 aliphatic heterocycles. The summed E-state index contributed by atoms with van der Waals surface area (Å²) in [5.74, 6) is 5.58. The molecule has 522 valence electrons. The quantitative estimate of drug-likeness (QED) is 0.00693. The minimum Gasteiger partial charge on any atom is -0.508 e. The fraction of sp³-hybridized carbons (Fsp3) is 0.346. The first-order chi connectivity index (χ1) is 48.7. The van der Waals surface area contributed by atoms with Crippen LogP contribution in [0.15, 0.2) is 208 Å². The number of rotatable bonds is 43. The van der Waals surface area contributed by atoms with Crippen molar-refractivity contribution in [1.82, 2.24) is 29.9 Å². The van der Waals surface area contributed by atoms with Gasteiger partial charge in [-0.2, -0.15) is 0 Å². The van der Waals surface area contributed by atoms with E-state index in [1.54, 1.807) is 54.9 Å². The van der Waals surface area contributed by atoms with Gasteiger partial charge in [0.15, 0.2) is 17.5 Å². The second-order valence-electron chi connectivity index (χ2n) is 23.6. The highest BCUT2D eigenvalue weighted by Crippen LogP contribution is 2.25. The minimum atomic E-state index is -0.364. The molecule has 0 aliphatic rings. The van der Waals surface area contributed by atoms with Crippen molar-refractivity contribution in [3.05, 3.63) is 241 Å². The fourth-order valence-electron chi connectivity index (χ4n) is 9.98. The lowest BCUT2D eigenvalue weighted by molar-refractivity contribution is -0.286. The summed E-state index contributed by atoms with van der Waals surface area (Å²) < 4.78 is 28.3. The van der Waals surface area contributed by atoms with Crippen LogP contribution in [0.3, 0.4) is 0 Å². The van der Waals surface area contributed by atoms with Crippen LogP contribution in [0, 0.1) is 0 Å². The number of aliphatic hydroxyl groups excluding tert-OH is 2. The number of carbonyl (C=O) groups is 1. The summed E-state index contributed by atoms with van der Waals surface area (Å²) in [5, 5.41) is 36.2. The molecule has 3 heterocycles. The first-order valence-electron chi connectivity index (χ1n) is 34.4. The SMILES string of the molecule is C=CCOOCCCCCCOc1ccc(-c2ncc(Cc3ccc(OCCCCCCOC(=O)C=C)cc3)cn2)cc1.OCCCCCCOc1ccc(Cc2cnc(-c3ccc(OCCCCCCO)cc3)nc2)cc1.Oc1ccc(Cc2cnc(-c3ccc(O)cc3)nc2)cc1. The minimum absolute atomic E-state index is 0.225. The molecule has 0 spiro atoms. The third-order valence-electron chi connectivity index (χ3n) is 15.5. The molecule has 0 bridgehead atoms. The lowest BCUT2D eigenvalue weighted by atomic mass is 10.1. The number of ether oxygens (including phenoxy) is 5. The Hall–Kier alpha value is -9.85. The van der Waals surface area contributed by atoms with Gasteiger partial charge in [-0.25, -0.2) is 44.5 Å². The van der Waals surface area contributed by atoms with Crippen LogP contribution in [0.2, 0.25) is 0 Å². The van der Waals surface area contributed by atoms with Gasteiger partial charge in [-0.15, -0.1) is 6.58 Å². The molecule has 99 heavy (non-hydrogen) atoms. The van der Waals surface area contributed by atoms with Crippen LogP contribution in [0.4, 0.5) is 0 Å². The van der Waals surface area contributed by atoms with E-state index in [0.717, 1.165) is 184 Å². The van der Waals surface area contributed by atoms with Crippen LogP contribution in [0.25, 0.3) is 34.2 Å². The van der Waals surface area contributed by atoms with Crippen LogP contribution in [0.5, 0.6) is 34.5 Å². The standard InChI is InChI=1S/C35H44N2O6.C29H38N2O4.C17H14N2O2/c1-3-21-42-43-25-12-8-7-10-23-40-33-19-15-31(16-20-33)35-36-27-30(28-37-35)26-29-13-17-32(18-14-29)39-22-9-5-6-11-24-41-34(38)4-2;32-17-5-1-3-7-19-34-27-13-9-24(10-14-27)21-25-22-30-29(31-23-25)26-11-15-28(16-12-26)35-20-8-4-2-6-18-33;20-15-5-1-12(2-6-15)9-13-10-18-17(19-11-13)14-3-7-16(21)8-4-14/h3-4,13-20,27-28H,1-2,5-12,21-26H2;9-16,22-23,32-33H,1-8,17-21H2;1-8,10-11,20-21H,9H2. The third kappa shape index (κ3) is 31.1. The van der Waals surface area contributed by atoms with Crippen LogP contribution >= 0.6 is 0 Å². The van der Waals surface area contributed by atoms with Crippen LogP contribution in [-0.4, -0.2) is 116 Å². The highest BCUT2D eigenvalue weighted by molar-refractivity contribution is 5.81. The molecule has 0 saturated carbocycles. The topological polar surface area (TPSA) is 240 Å². The summed E-state index contributed by atoms with van der Waals surface area (Å²) in [7, 11) is 0. The molecule has 18 heteroatoms. The molecule has 3 aromatic heterocycles. The normalized spacial score (nSPS) is 10.7. The predicted octanol–water partition coefficient (Wildman–Crippen LogP) is 16.2. The Morgan fingerprint density at radius 2 is 0.616 bits per heavy atom. The average Bonchev–Trinajstić information content (AvgIpc) is 1.18. The van der Waals surface area contributed by atoms with Gasteiger partial charge < -0.3 is 44.1 Å². The Morgan fingerprint density at radius 1 is 0.333 bits per heavy atom. The first kappa shape index (κ1) is 76.5. The highest BCUT2D eigenvalue weighted by atomic mass is 17.2. The number of hydrogen-bond acceptors (Lipinski definition) is 18. The number of hydrogen-bond donors (Lipinski definition) is 4. The molecule has 0 atom stereocenters. The van der Waals surface area contributed by atoms with Crippen molar-refractivity contribution in [2.45, 2.75) is 122 Å². The lowest BCUT2D eigenvalue weighted by Gasteiger charge is -2.08. The number of aliphatic hydroxyl groups is 2. The Bertz CT molecular complexity index is 3620. The highest BCUT2D eigenvalue weighted by Gasteiger charge is 2.09. The predicted molar refractivity (Wildman–Crippen MR) is 387 cm³/mol. The second kappa shape index (κ2) is 46.4. The van der Waals surface area contributed by atoms with E-state index in [1.165, 1.54) is 17.2 Å². The molecule has 0 unspecified atom stereocenters. The van der Waals surface area contributed by atoms with Crippen molar-refractivity contribution in [3.63, 3.8) is 0 Å². The van der Waals surface area contributed by atoms with Gasteiger partial charge in [0, 0.05) is 92.4 Å². The zero-order valence-corrected chi connectivity index (χ0v) is 56.9. The molecule has 0 amide bonds. The van der Waals surface area contributed by atoms with Gasteiger partial charge in [0.25, 0.3) is 0 Å². The van der Waals surface area contributed by atoms with E-state index in [2.05, 4.69) is 67.3 Å². The zero-order valence-electron chi connectivity index (χ0n) is 56.9. The molecular formula is C81H96N6O12. The van der Waals surface area contributed by atoms with E-state index in [-0.39, 0.29) is 30.7 Å². The van der Waals surface area contributed by atoms with Gasteiger partial charge in [-0.3, -0.25) is 0 Å². The number of unbranched alkanes of at least 4 members (excludes halogenated alkanes) is 12. The number of benzene rings is 6. The number of phenols is 2. The van der Waals surface area contributed by atoms with E-state index in [1.807, 2.05) is 110 Å². The molecular weight excluding hydrogens is 1250 g/mol. The third-order valence-corrected chi connectivity index (χ3v) is 15.5. The molecule has 4 N–H and O–H groups in total. The monoisotopic (exact) mass is 1340 g/mol. The van der Waals surface area contributed by atoms with Crippen molar-refractivity contribution in [3.8, 4) is 68.7 Å². The molecule has 9 rings (SSSR count). The van der Waals surface area contributed by atoms with Crippen molar-refractivity contribution in [1.29, 1.82) is 0 Å². The number of aromatic nitrogens is 6. The van der Waals surface area contributed by atoms with Gasteiger partial charge in [0.1, 0.15) is 41.1 Å². The van der Waals surface area contributed by atoms with E-state index in [4.69, 9.17) is 43.7 Å². The van der Waals surface area contributed by atoms with Gasteiger partial charge >= 0.3 is 5.97 Å². The summed E-state index contributed by atoms with van der Waals surface area (Å²) >= 11 is 0. The number of carbonyl (C=O) groups excluding carboxylic acids is 1. The zero-order chi connectivity index (χ0) is 69.6. The summed E-state index contributed by atoms with van der Waals surface area (Å²) in [4.78, 5) is 47.9. The smallest absolute Gasteiger partial charge is 0.330 e. The fourth-order valence-corrected chi connectivity index (χ4v) is 9.98. The number of esters is 1. The van der Waals surface area contributed by atoms with Crippen molar-refractivity contribution in [2.75, 3.05) is 59.5 Å². The Labute approximate surface area is 583 Å². The first-order valence-corrected chi connectivity index (χ1v) is 34.4. The van der Waals surface area contributed by atoms with Crippen LogP contribution < -0.4 is 18.9 Å². The number of phenolic OH excluding ortho intramolecular Hbond substituents is 2. The van der Waals surface area contributed by atoms with Crippen molar-refractivity contribution in [2.24, 2.45) is 0 Å². The Kier molecular flexibility index (Phi) is 35.8. The summed E-state index contributed by atoms with van der Waals surface area (Å²) in [6.07, 6.45) is 32.2. The molecule has 18 nitrogen and oxygen atoms in total. The average molecular weight is 1350 g/mol. The lowest BCUT2D eigenvalue weighted by Crippen LogP contribution is -2.02. The maximum atomic E-state index is 11.0. The van der Waals surface area contributed by atoms with Crippen LogP contribution in [0.1, 0.15) is 136 Å². The Balaban J connectivity index is 0.000000220. The second-order valence-corrected chi connectivity index (χ2v) is 23.6. The molecule has 6 aromatic carbocycles. The largest absolute Gasteiger partial charge is 0.508 e. The van der Waals surface area contributed by atoms with E-state index in [9.17, 15) is 15.0 Å². The van der Waals surface area contributed by atoms with Gasteiger partial charge in [0.2, 0.25) is 0 Å². The van der Waals surface area contributed by atoms with Crippen LogP contribution in [-0.2, 0) is 38.6 Å². The molecule has 0 radical (unpaired) electrons. The van der Waals surface area contributed by atoms with E-state index < -0.39 is 0 Å². The number of aromatic hydroxyl groups is 2. The summed E-state index contributed by atoms with van der Waals surface area (Å²) in [5.41, 5.74) is 9.35. The van der Waals surface area contributed by atoms with Crippen molar-refractivity contribution < 1.29 is 58.7 Å². The van der Waals surface area contributed by atoms with Gasteiger partial charge in [-0.05, 0) is 226 Å². The molecule has 0 saturated heterocycles. The summed E-state index contributed by atoms with van der Waals surface area (Å²) in [6, 6.07) is 46.0. The number of nitrogens with zero attached hydrogens (tertiary/aromatic N) is 6. The van der Waals surface area contributed by atoms with E-state index >= 15 is 0 Å². The Morgan fingerprint density at radius 3 is 0.939 bits per heavy atom. The summed E-state index contributed by atoms with van der Waals surface area (Å²) in [6.45, 7) is 11.7. The van der Waals surface area contributed by atoms with Gasteiger partial charge in [-0.1, -0.05) is 68.3 Å². The maximum Gasteiger partial charge on any atom is 0.330 e. The molecule has 0 fully saturated rings. The van der Waals surface area contributed by atoms with Crippen molar-refractivity contribution >= 4 is 5.97 Å². The molecule has 9 aromatic rings. The molecule has 0 aliphatic carbocycles. The van der Waals surface area contributed by atoms with E-state index in [0.29, 0.717) is 63.7 Å². The van der Waals surface area contributed by atoms with Gasteiger partial charge in [0.05, 0.1) is 39.6 Å².